The van der Waals surface area contributed by atoms with Gasteiger partial charge in [0, 0.05) is 17.1 Å². The van der Waals surface area contributed by atoms with Crippen molar-refractivity contribution < 1.29 is 9.84 Å². The van der Waals surface area contributed by atoms with Crippen LogP contribution in [0.4, 0.5) is 5.95 Å². The zero-order chi connectivity index (χ0) is 22.5. The number of fused-ring (bicyclic) bond motifs is 1. The number of para-hydroxylation sites is 1. The molecule has 0 spiro atoms. The molecule has 164 valence electrons. The number of nitrogens with two attached hydrogens (primary N) is 1. The Morgan fingerprint density at radius 1 is 1.25 bits per heavy atom. The lowest BCUT2D eigenvalue weighted by Gasteiger charge is -2.21. The molecular weight excluding hydrogens is 410 g/mol. The molecule has 10 nitrogen and oxygen atoms in total. The number of nitrogens with zero attached hydrogens (tertiary/aromatic N) is 6. The third kappa shape index (κ3) is 3.38. The Labute approximate surface area is 183 Å². The summed E-state index contributed by atoms with van der Waals surface area (Å²) in [4.78, 5) is 21.6. The number of benzene rings is 1. The van der Waals surface area contributed by atoms with Crippen molar-refractivity contribution in [2.45, 2.75) is 38.0 Å². The second-order valence-corrected chi connectivity index (χ2v) is 8.11. The van der Waals surface area contributed by atoms with Gasteiger partial charge in [-0.1, -0.05) is 23.4 Å². The highest BCUT2D eigenvalue weighted by Crippen LogP contribution is 2.44. The molecule has 1 aliphatic rings. The Balaban J connectivity index is 1.49. The van der Waals surface area contributed by atoms with E-state index < -0.39 is 5.60 Å². The lowest BCUT2D eigenvalue weighted by molar-refractivity contribution is 0.0937. The van der Waals surface area contributed by atoms with Gasteiger partial charge in [-0.05, 0) is 31.9 Å². The number of hydrogen-bond acceptors (Lipinski definition) is 8. The van der Waals surface area contributed by atoms with Gasteiger partial charge in [-0.2, -0.15) is 0 Å². The number of aliphatic hydroxyl groups is 1. The van der Waals surface area contributed by atoms with Crippen LogP contribution in [0, 0.1) is 0 Å². The summed E-state index contributed by atoms with van der Waals surface area (Å²) in [5, 5.41) is 19.6. The maximum Gasteiger partial charge on any atom is 0.255 e. The van der Waals surface area contributed by atoms with Crippen molar-refractivity contribution in [1.29, 1.82) is 0 Å². The fraction of sp³-hybridized carbons (Fsp3) is 0.318. The minimum atomic E-state index is -0.794. The summed E-state index contributed by atoms with van der Waals surface area (Å²) < 4.78 is 8.56. The number of hydrogen-bond donors (Lipinski definition) is 2. The molecule has 1 aliphatic carbocycles. The summed E-state index contributed by atoms with van der Waals surface area (Å²) in [7, 11) is 1.57. The number of rotatable bonds is 6. The molecule has 0 bridgehead atoms. The molecule has 0 radical (unpaired) electrons. The lowest BCUT2D eigenvalue weighted by Crippen LogP contribution is -2.33. The Bertz CT molecular complexity index is 1370. The summed E-state index contributed by atoms with van der Waals surface area (Å²) in [6.07, 6.45) is 4.84. The van der Waals surface area contributed by atoms with E-state index >= 15 is 0 Å². The molecular formula is C22H23N7O3. The van der Waals surface area contributed by atoms with Gasteiger partial charge >= 0.3 is 0 Å². The summed E-state index contributed by atoms with van der Waals surface area (Å²) in [5.41, 5.74) is 7.16. The van der Waals surface area contributed by atoms with E-state index in [1.807, 2.05) is 25.1 Å². The third-order valence-corrected chi connectivity index (χ3v) is 6.05. The van der Waals surface area contributed by atoms with Gasteiger partial charge in [0.2, 0.25) is 5.95 Å². The van der Waals surface area contributed by atoms with Crippen molar-refractivity contribution in [3.05, 3.63) is 58.6 Å². The molecule has 0 saturated heterocycles. The van der Waals surface area contributed by atoms with Crippen LogP contribution in [0.1, 0.15) is 31.4 Å². The number of pyridine rings is 1. The van der Waals surface area contributed by atoms with E-state index in [0.29, 0.717) is 41.1 Å². The van der Waals surface area contributed by atoms with E-state index in [-0.39, 0.29) is 24.1 Å². The topological polar surface area (TPSA) is 134 Å². The molecule has 3 N–H and O–H groups in total. The van der Waals surface area contributed by atoms with Gasteiger partial charge in [0.1, 0.15) is 22.7 Å². The smallest absolute Gasteiger partial charge is 0.255 e. The number of anilines is 1. The first-order valence-corrected chi connectivity index (χ1v) is 10.3. The highest BCUT2D eigenvalue weighted by Gasteiger charge is 2.46. The van der Waals surface area contributed by atoms with Gasteiger partial charge in [-0.3, -0.25) is 4.79 Å². The van der Waals surface area contributed by atoms with Crippen molar-refractivity contribution in [2.75, 3.05) is 12.8 Å². The van der Waals surface area contributed by atoms with Crippen molar-refractivity contribution in [3.8, 4) is 17.1 Å². The van der Waals surface area contributed by atoms with Crippen LogP contribution in [0.3, 0.4) is 0 Å². The Morgan fingerprint density at radius 2 is 2.06 bits per heavy atom. The normalized spacial score (nSPS) is 15.6. The van der Waals surface area contributed by atoms with Gasteiger partial charge in [-0.15, -0.1) is 5.10 Å². The summed E-state index contributed by atoms with van der Waals surface area (Å²) in [6, 6.07) is 8.79. The Morgan fingerprint density at radius 3 is 2.81 bits per heavy atom. The van der Waals surface area contributed by atoms with E-state index in [4.69, 9.17) is 10.5 Å². The molecule has 0 aliphatic heterocycles. The van der Waals surface area contributed by atoms with Crippen LogP contribution in [0.25, 0.3) is 22.3 Å². The van der Waals surface area contributed by atoms with Crippen molar-refractivity contribution in [3.63, 3.8) is 0 Å². The van der Waals surface area contributed by atoms with Crippen LogP contribution >= 0.6 is 0 Å². The Kier molecular flexibility index (Phi) is 4.66. The quantitative estimate of drug-likeness (QED) is 0.470. The van der Waals surface area contributed by atoms with Gasteiger partial charge in [0.05, 0.1) is 31.5 Å². The summed E-state index contributed by atoms with van der Waals surface area (Å²) in [6.45, 7) is 2.10. The second-order valence-electron chi connectivity index (χ2n) is 8.11. The maximum atomic E-state index is 13.0. The first-order valence-electron chi connectivity index (χ1n) is 10.3. The third-order valence-electron chi connectivity index (χ3n) is 6.05. The van der Waals surface area contributed by atoms with Crippen LogP contribution in [0.15, 0.2) is 47.5 Å². The van der Waals surface area contributed by atoms with Crippen LogP contribution in [0.2, 0.25) is 0 Å². The molecule has 1 fully saturated rings. The number of aromatic nitrogens is 6. The van der Waals surface area contributed by atoms with Gasteiger partial charge in [0.25, 0.3) is 5.56 Å². The van der Waals surface area contributed by atoms with E-state index in [1.165, 1.54) is 0 Å². The van der Waals surface area contributed by atoms with Crippen LogP contribution in [-0.4, -0.2) is 47.3 Å². The summed E-state index contributed by atoms with van der Waals surface area (Å²) >= 11 is 0. The monoisotopic (exact) mass is 433 g/mol. The fourth-order valence-electron chi connectivity index (χ4n) is 3.95. The van der Waals surface area contributed by atoms with Crippen molar-refractivity contribution >= 4 is 16.9 Å². The second kappa shape index (κ2) is 7.41. The van der Waals surface area contributed by atoms with Gasteiger partial charge < -0.3 is 20.1 Å². The maximum absolute atomic E-state index is 13.0. The van der Waals surface area contributed by atoms with Crippen molar-refractivity contribution in [1.82, 2.24) is 29.5 Å². The predicted molar refractivity (Wildman–Crippen MR) is 118 cm³/mol. The average molecular weight is 433 g/mol. The zero-order valence-electron chi connectivity index (χ0n) is 17.8. The molecule has 3 aromatic heterocycles. The minimum absolute atomic E-state index is 0.101. The van der Waals surface area contributed by atoms with E-state index in [2.05, 4.69) is 20.3 Å². The molecule has 4 aromatic rings. The standard InChI is InChI=1S/C22H23N7O3/c1-13(22(31)8-9-22)29-10-4-5-14(20(29)30)11-28-12-16(26-27-28)18-15-6-3-7-17(32-2)19(15)25-21(23)24-18/h3-7,10,12-13,31H,8-9,11H2,1-2H3,(H2,23,24,25). The molecule has 1 unspecified atom stereocenters. The molecule has 1 saturated carbocycles. The van der Waals surface area contributed by atoms with Crippen LogP contribution in [0.5, 0.6) is 5.75 Å². The highest BCUT2D eigenvalue weighted by atomic mass is 16.5. The van der Waals surface area contributed by atoms with E-state index in [0.717, 1.165) is 5.39 Å². The first kappa shape index (κ1) is 20.1. The van der Waals surface area contributed by atoms with Crippen molar-refractivity contribution in [2.24, 2.45) is 0 Å². The molecule has 0 amide bonds. The Hall–Kier alpha value is -3.79. The molecule has 3 heterocycles. The van der Waals surface area contributed by atoms with Crippen LogP contribution < -0.4 is 16.0 Å². The predicted octanol–water partition coefficient (Wildman–Crippen LogP) is 1.77. The van der Waals surface area contributed by atoms with Crippen LogP contribution in [-0.2, 0) is 6.54 Å². The first-order chi connectivity index (χ1) is 15.4. The minimum Gasteiger partial charge on any atom is -0.494 e. The number of methoxy groups -OCH3 is 1. The van der Waals surface area contributed by atoms with Gasteiger partial charge in [0.15, 0.2) is 0 Å². The highest BCUT2D eigenvalue weighted by molar-refractivity contribution is 5.95. The SMILES string of the molecule is COc1cccc2c(-c3cn(Cc4cccn(C(C)C5(O)CC5)c4=O)nn3)nc(N)nc12. The lowest BCUT2D eigenvalue weighted by atomic mass is 10.1. The average Bonchev–Trinajstić information content (AvgIpc) is 3.37. The molecule has 1 atom stereocenters. The zero-order valence-corrected chi connectivity index (χ0v) is 17.8. The largest absolute Gasteiger partial charge is 0.494 e. The molecule has 32 heavy (non-hydrogen) atoms. The fourth-order valence-corrected chi connectivity index (χ4v) is 3.95. The van der Waals surface area contributed by atoms with E-state index in [1.54, 1.807) is 40.9 Å². The van der Waals surface area contributed by atoms with Gasteiger partial charge in [-0.25, -0.2) is 14.6 Å². The number of ether oxygens (including phenoxy) is 1. The molecule has 10 heteroatoms. The number of nitrogen functional groups attached to an aromatic ring is 1. The summed E-state index contributed by atoms with van der Waals surface area (Å²) in [5.74, 6) is 0.686. The molecule has 5 rings (SSSR count). The van der Waals surface area contributed by atoms with E-state index in [9.17, 15) is 9.90 Å². The molecule has 1 aromatic carbocycles.